The summed E-state index contributed by atoms with van der Waals surface area (Å²) in [5.74, 6) is -0.583. The molecule has 2 rings (SSSR count). The van der Waals surface area contributed by atoms with Gasteiger partial charge in [-0.05, 0) is 29.8 Å². The molecule has 7 heteroatoms. The second kappa shape index (κ2) is 6.01. The maximum atomic E-state index is 13.0. The van der Waals surface area contributed by atoms with Gasteiger partial charge in [-0.1, -0.05) is 29.8 Å². The summed E-state index contributed by atoms with van der Waals surface area (Å²) in [6.45, 7) is 0.0961. The van der Waals surface area contributed by atoms with Crippen LogP contribution in [0.2, 0.25) is 5.02 Å². The summed E-state index contributed by atoms with van der Waals surface area (Å²) in [5, 5.41) is 0.478. The van der Waals surface area contributed by atoms with E-state index in [1.54, 1.807) is 24.3 Å². The molecule has 0 saturated carbocycles. The molecule has 0 aromatic heterocycles. The van der Waals surface area contributed by atoms with Crippen molar-refractivity contribution in [3.05, 3.63) is 58.9 Å². The molecule has 2 aromatic rings. The minimum Gasteiger partial charge on any atom is -0.398 e. The highest BCUT2D eigenvalue weighted by Gasteiger charge is 2.24. The zero-order valence-electron chi connectivity index (χ0n) is 11.3. The summed E-state index contributed by atoms with van der Waals surface area (Å²) in [7, 11) is -2.40. The Kier molecular flexibility index (Phi) is 4.51. The van der Waals surface area contributed by atoms with E-state index in [1.165, 1.54) is 7.05 Å². The fourth-order valence-electron chi connectivity index (χ4n) is 1.87. The summed E-state index contributed by atoms with van der Waals surface area (Å²) in [4.78, 5) is -0.126. The normalized spacial score (nSPS) is 11.8. The molecular formula is C14H14ClFN2O2S. The van der Waals surface area contributed by atoms with E-state index >= 15 is 0 Å². The van der Waals surface area contributed by atoms with Crippen LogP contribution in [0.1, 0.15) is 5.56 Å². The number of benzene rings is 2. The van der Waals surface area contributed by atoms with Gasteiger partial charge in [-0.25, -0.2) is 12.8 Å². The van der Waals surface area contributed by atoms with Gasteiger partial charge in [-0.15, -0.1) is 0 Å². The Bertz CT molecular complexity index is 765. The molecule has 0 radical (unpaired) electrons. The lowest BCUT2D eigenvalue weighted by atomic mass is 10.2. The molecule has 0 amide bonds. The van der Waals surface area contributed by atoms with E-state index in [0.29, 0.717) is 10.6 Å². The number of anilines is 1. The Hall–Kier alpha value is -1.63. The molecule has 0 bridgehead atoms. The lowest BCUT2D eigenvalue weighted by Gasteiger charge is -2.19. The van der Waals surface area contributed by atoms with Crippen LogP contribution < -0.4 is 5.73 Å². The third-order valence-corrected chi connectivity index (χ3v) is 5.26. The predicted molar refractivity (Wildman–Crippen MR) is 80.9 cm³/mol. The van der Waals surface area contributed by atoms with E-state index in [2.05, 4.69) is 0 Å². The summed E-state index contributed by atoms with van der Waals surface area (Å²) < 4.78 is 39.1. The quantitative estimate of drug-likeness (QED) is 0.878. The van der Waals surface area contributed by atoms with Crippen molar-refractivity contribution < 1.29 is 12.8 Å². The molecule has 0 aliphatic carbocycles. The van der Waals surface area contributed by atoms with Gasteiger partial charge in [-0.3, -0.25) is 0 Å². The zero-order chi connectivity index (χ0) is 15.6. The highest BCUT2D eigenvalue weighted by Crippen LogP contribution is 2.25. The van der Waals surface area contributed by atoms with Crippen LogP contribution in [0, 0.1) is 5.82 Å². The Morgan fingerprint density at radius 1 is 1.24 bits per heavy atom. The first-order chi connectivity index (χ1) is 9.82. The number of nitrogens with two attached hydrogens (primary N) is 1. The Morgan fingerprint density at radius 3 is 2.52 bits per heavy atom. The molecule has 0 aliphatic heterocycles. The lowest BCUT2D eigenvalue weighted by molar-refractivity contribution is 0.467. The number of rotatable bonds is 4. The third-order valence-electron chi connectivity index (χ3n) is 3.01. The molecular weight excluding hydrogens is 315 g/mol. The molecule has 0 spiro atoms. The Balaban J connectivity index is 2.33. The molecule has 0 atom stereocenters. The van der Waals surface area contributed by atoms with Gasteiger partial charge >= 0.3 is 0 Å². The van der Waals surface area contributed by atoms with Crippen molar-refractivity contribution in [1.82, 2.24) is 4.31 Å². The number of nitrogens with zero attached hydrogens (tertiary/aromatic N) is 1. The van der Waals surface area contributed by atoms with Crippen LogP contribution in [-0.4, -0.2) is 19.8 Å². The van der Waals surface area contributed by atoms with E-state index < -0.39 is 15.8 Å². The van der Waals surface area contributed by atoms with Crippen LogP contribution >= 0.6 is 11.6 Å². The molecule has 0 saturated heterocycles. The second-order valence-electron chi connectivity index (χ2n) is 4.53. The molecule has 0 heterocycles. The summed E-state index contributed by atoms with van der Waals surface area (Å²) in [6, 6.07) is 10.2. The van der Waals surface area contributed by atoms with Crippen molar-refractivity contribution in [2.24, 2.45) is 0 Å². The van der Waals surface area contributed by atoms with Crippen LogP contribution in [0.25, 0.3) is 0 Å². The van der Waals surface area contributed by atoms with Gasteiger partial charge < -0.3 is 5.73 Å². The summed E-state index contributed by atoms with van der Waals surface area (Å²) >= 11 is 6.02. The number of hydrogen-bond donors (Lipinski definition) is 1. The molecule has 2 aromatic carbocycles. The van der Waals surface area contributed by atoms with E-state index in [1.807, 2.05) is 0 Å². The van der Waals surface area contributed by atoms with Crippen molar-refractivity contribution in [2.75, 3.05) is 12.8 Å². The fourth-order valence-corrected chi connectivity index (χ4v) is 3.31. The van der Waals surface area contributed by atoms with Gasteiger partial charge in [0.15, 0.2) is 0 Å². The molecule has 0 aliphatic rings. The largest absolute Gasteiger partial charge is 0.398 e. The topological polar surface area (TPSA) is 63.4 Å². The first kappa shape index (κ1) is 15.8. The summed E-state index contributed by atoms with van der Waals surface area (Å²) in [6.07, 6.45) is 0. The van der Waals surface area contributed by atoms with Crippen molar-refractivity contribution >= 4 is 27.3 Å². The number of halogens is 2. The average molecular weight is 329 g/mol. The number of sulfonamides is 1. The minimum atomic E-state index is -3.82. The second-order valence-corrected chi connectivity index (χ2v) is 6.96. The Labute approximate surface area is 128 Å². The lowest BCUT2D eigenvalue weighted by Crippen LogP contribution is -2.27. The standard InChI is InChI=1S/C14H14ClFN2O2S/c1-18(9-10-4-2-3-5-12(10)15)21(19,20)14-7-6-11(16)8-13(14)17/h2-8H,9,17H2,1H3. The van der Waals surface area contributed by atoms with Crippen molar-refractivity contribution in [2.45, 2.75) is 11.4 Å². The number of nitrogen functional groups attached to an aromatic ring is 1. The predicted octanol–water partition coefficient (Wildman–Crippen LogP) is 2.88. The number of hydrogen-bond acceptors (Lipinski definition) is 3. The molecule has 112 valence electrons. The van der Waals surface area contributed by atoms with Gasteiger partial charge in [0.1, 0.15) is 10.7 Å². The van der Waals surface area contributed by atoms with Crippen LogP contribution in [-0.2, 0) is 16.6 Å². The van der Waals surface area contributed by atoms with Crippen LogP contribution in [0.4, 0.5) is 10.1 Å². The van der Waals surface area contributed by atoms with Crippen LogP contribution in [0.5, 0.6) is 0 Å². The molecule has 21 heavy (non-hydrogen) atoms. The van der Waals surface area contributed by atoms with Crippen LogP contribution in [0.3, 0.4) is 0 Å². The maximum Gasteiger partial charge on any atom is 0.245 e. The third kappa shape index (κ3) is 3.34. The first-order valence-corrected chi connectivity index (χ1v) is 7.89. The molecule has 0 fully saturated rings. The Morgan fingerprint density at radius 2 is 1.90 bits per heavy atom. The van der Waals surface area contributed by atoms with Gasteiger partial charge in [0.05, 0.1) is 5.69 Å². The van der Waals surface area contributed by atoms with E-state index in [-0.39, 0.29) is 17.1 Å². The highest BCUT2D eigenvalue weighted by molar-refractivity contribution is 7.89. The highest BCUT2D eigenvalue weighted by atomic mass is 35.5. The first-order valence-electron chi connectivity index (χ1n) is 6.07. The maximum absolute atomic E-state index is 13.0. The van der Waals surface area contributed by atoms with E-state index in [4.69, 9.17) is 17.3 Å². The monoisotopic (exact) mass is 328 g/mol. The summed E-state index contributed by atoms with van der Waals surface area (Å²) in [5.41, 5.74) is 6.14. The zero-order valence-corrected chi connectivity index (χ0v) is 12.8. The molecule has 4 nitrogen and oxygen atoms in total. The van der Waals surface area contributed by atoms with E-state index in [0.717, 1.165) is 22.5 Å². The van der Waals surface area contributed by atoms with E-state index in [9.17, 15) is 12.8 Å². The SMILES string of the molecule is CN(Cc1ccccc1Cl)S(=O)(=O)c1ccc(F)cc1N. The van der Waals surface area contributed by atoms with Crippen molar-refractivity contribution in [1.29, 1.82) is 0 Å². The van der Waals surface area contributed by atoms with Crippen molar-refractivity contribution in [3.8, 4) is 0 Å². The molecule has 0 unspecified atom stereocenters. The molecule has 2 N–H and O–H groups in total. The van der Waals surface area contributed by atoms with Gasteiger partial charge in [0, 0.05) is 18.6 Å². The van der Waals surface area contributed by atoms with Crippen molar-refractivity contribution in [3.63, 3.8) is 0 Å². The van der Waals surface area contributed by atoms with Crippen LogP contribution in [0.15, 0.2) is 47.4 Å². The smallest absolute Gasteiger partial charge is 0.245 e. The van der Waals surface area contributed by atoms with Gasteiger partial charge in [0.25, 0.3) is 0 Å². The fraction of sp³-hybridized carbons (Fsp3) is 0.143. The average Bonchev–Trinajstić information content (AvgIpc) is 2.40. The minimum absolute atomic E-state index is 0.0961. The van der Waals surface area contributed by atoms with Gasteiger partial charge in [-0.2, -0.15) is 4.31 Å². The van der Waals surface area contributed by atoms with Gasteiger partial charge in [0.2, 0.25) is 10.0 Å².